The average molecular weight is 1040 g/mol. The number of carbonyl (C=O) groups excluding carboxylic acids is 3. The Bertz CT molecular complexity index is 1660. The highest BCUT2D eigenvalue weighted by atomic mass is 16.6. The first-order valence-corrected chi connectivity index (χ1v) is 30.3. The van der Waals surface area contributed by atoms with Crippen molar-refractivity contribution in [3.63, 3.8) is 0 Å². The Morgan fingerprint density at radius 1 is 0.280 bits per heavy atom. The van der Waals surface area contributed by atoms with Crippen molar-refractivity contribution in [3.8, 4) is 0 Å². The number of carbonyl (C=O) groups is 3. The third kappa shape index (κ3) is 60.0. The quantitative estimate of drug-likeness (QED) is 0.0261. The van der Waals surface area contributed by atoms with E-state index < -0.39 is 6.10 Å². The maximum atomic E-state index is 12.8. The molecule has 0 heterocycles. The van der Waals surface area contributed by atoms with Crippen LogP contribution in [-0.2, 0) is 28.6 Å². The van der Waals surface area contributed by atoms with E-state index in [4.69, 9.17) is 14.2 Å². The molecule has 0 rings (SSSR count). The predicted molar refractivity (Wildman–Crippen MR) is 325 cm³/mol. The lowest BCUT2D eigenvalue weighted by molar-refractivity contribution is -0.167. The van der Waals surface area contributed by atoms with Gasteiger partial charge in [-0.05, 0) is 135 Å². The van der Waals surface area contributed by atoms with Gasteiger partial charge in [0.2, 0.25) is 0 Å². The minimum absolute atomic E-state index is 0.0988. The molecule has 0 bridgehead atoms. The van der Waals surface area contributed by atoms with Gasteiger partial charge in [-0.3, -0.25) is 14.4 Å². The van der Waals surface area contributed by atoms with Gasteiger partial charge in [0.15, 0.2) is 6.10 Å². The standard InChI is InChI=1S/C69H110O6/c1-4-7-10-13-16-19-22-24-26-27-28-29-30-31-32-33-34-35-36-37-38-39-40-41-43-44-47-50-53-56-59-62-68(71)74-65-66(64-73-67(70)61-58-55-52-49-46-21-18-15-12-9-6-3)75-69(72)63-60-57-54-51-48-45-42-25-23-20-17-14-11-8-5-2/h7-8,10-11,15-20,24-26,28-29,31-32,34-35,37-38,40-42,66H,4-6,9,12-14,21-23,27,30,33,36,39,43-65H2,1-3H3/b10-7-,11-8-,18-15-,19-16-,20-17-,26-24-,29-28-,32-31-,35-34-,38-37-,41-40-,42-25-. The van der Waals surface area contributed by atoms with E-state index in [1.165, 1.54) is 38.5 Å². The summed E-state index contributed by atoms with van der Waals surface area (Å²) in [5, 5.41) is 0. The molecule has 1 atom stereocenters. The van der Waals surface area contributed by atoms with Gasteiger partial charge in [0, 0.05) is 19.3 Å². The second-order valence-corrected chi connectivity index (χ2v) is 19.5. The molecule has 0 aromatic rings. The molecule has 6 nitrogen and oxygen atoms in total. The molecule has 0 aliphatic heterocycles. The van der Waals surface area contributed by atoms with Gasteiger partial charge in [0.05, 0.1) is 0 Å². The fourth-order valence-corrected chi connectivity index (χ4v) is 7.81. The van der Waals surface area contributed by atoms with E-state index in [1.807, 2.05) is 0 Å². The Morgan fingerprint density at radius 2 is 0.520 bits per heavy atom. The molecule has 422 valence electrons. The van der Waals surface area contributed by atoms with Crippen molar-refractivity contribution in [1.29, 1.82) is 0 Å². The molecule has 0 N–H and O–H groups in total. The molecule has 0 fully saturated rings. The minimum atomic E-state index is -0.802. The van der Waals surface area contributed by atoms with Crippen LogP contribution < -0.4 is 0 Å². The van der Waals surface area contributed by atoms with Crippen molar-refractivity contribution in [2.75, 3.05) is 13.2 Å². The first-order valence-electron chi connectivity index (χ1n) is 30.3. The second-order valence-electron chi connectivity index (χ2n) is 19.5. The predicted octanol–water partition coefficient (Wildman–Crippen LogP) is 20.8. The van der Waals surface area contributed by atoms with Crippen molar-refractivity contribution in [2.24, 2.45) is 0 Å². The monoisotopic (exact) mass is 1030 g/mol. The smallest absolute Gasteiger partial charge is 0.306 e. The van der Waals surface area contributed by atoms with Crippen LogP contribution in [0.5, 0.6) is 0 Å². The van der Waals surface area contributed by atoms with Crippen molar-refractivity contribution >= 4 is 17.9 Å². The highest BCUT2D eigenvalue weighted by Crippen LogP contribution is 2.14. The number of hydrogen-bond acceptors (Lipinski definition) is 6. The van der Waals surface area contributed by atoms with Gasteiger partial charge in [-0.25, -0.2) is 0 Å². The van der Waals surface area contributed by atoms with Crippen LogP contribution in [0.25, 0.3) is 0 Å². The van der Waals surface area contributed by atoms with E-state index >= 15 is 0 Å². The number of esters is 3. The molecule has 6 heteroatoms. The van der Waals surface area contributed by atoms with Crippen LogP contribution in [-0.4, -0.2) is 37.2 Å². The van der Waals surface area contributed by atoms with Crippen LogP contribution in [0.15, 0.2) is 146 Å². The highest BCUT2D eigenvalue weighted by Gasteiger charge is 2.19. The van der Waals surface area contributed by atoms with Crippen LogP contribution in [0.4, 0.5) is 0 Å². The van der Waals surface area contributed by atoms with Crippen LogP contribution in [0.1, 0.15) is 252 Å². The molecule has 0 saturated heterocycles. The maximum Gasteiger partial charge on any atom is 0.306 e. The summed E-state index contributed by atoms with van der Waals surface area (Å²) >= 11 is 0. The van der Waals surface area contributed by atoms with Crippen molar-refractivity contribution in [3.05, 3.63) is 146 Å². The zero-order chi connectivity index (χ0) is 54.3. The van der Waals surface area contributed by atoms with Gasteiger partial charge >= 0.3 is 17.9 Å². The Morgan fingerprint density at radius 3 is 0.827 bits per heavy atom. The minimum Gasteiger partial charge on any atom is -0.462 e. The third-order valence-corrected chi connectivity index (χ3v) is 12.3. The second kappa shape index (κ2) is 61.8. The van der Waals surface area contributed by atoms with Gasteiger partial charge in [-0.15, -0.1) is 0 Å². The maximum absolute atomic E-state index is 12.8. The van der Waals surface area contributed by atoms with Crippen LogP contribution in [0.3, 0.4) is 0 Å². The van der Waals surface area contributed by atoms with E-state index in [0.29, 0.717) is 19.3 Å². The zero-order valence-corrected chi connectivity index (χ0v) is 48.3. The molecule has 0 aliphatic rings. The van der Waals surface area contributed by atoms with Crippen molar-refractivity contribution < 1.29 is 28.6 Å². The van der Waals surface area contributed by atoms with E-state index in [0.717, 1.165) is 173 Å². The molecular formula is C69H110O6. The topological polar surface area (TPSA) is 78.9 Å². The lowest BCUT2D eigenvalue weighted by Crippen LogP contribution is -2.30. The van der Waals surface area contributed by atoms with Crippen molar-refractivity contribution in [1.82, 2.24) is 0 Å². The summed E-state index contributed by atoms with van der Waals surface area (Å²) in [6.07, 6.45) is 88.5. The van der Waals surface area contributed by atoms with E-state index in [1.54, 1.807) is 0 Å². The van der Waals surface area contributed by atoms with Gasteiger partial charge in [-0.2, -0.15) is 0 Å². The number of rotatable bonds is 53. The summed E-state index contributed by atoms with van der Waals surface area (Å²) in [5.41, 5.74) is 0. The number of hydrogen-bond donors (Lipinski definition) is 0. The summed E-state index contributed by atoms with van der Waals surface area (Å²) in [6, 6.07) is 0. The molecule has 0 radical (unpaired) electrons. The molecule has 75 heavy (non-hydrogen) atoms. The Hall–Kier alpha value is -4.71. The molecular weight excluding hydrogens is 925 g/mol. The average Bonchev–Trinajstić information content (AvgIpc) is 3.41. The summed E-state index contributed by atoms with van der Waals surface area (Å²) in [6.45, 7) is 6.33. The number of unbranched alkanes of at least 4 members (excludes halogenated alkanes) is 18. The van der Waals surface area contributed by atoms with Gasteiger partial charge in [-0.1, -0.05) is 244 Å². The molecule has 0 aromatic heterocycles. The SMILES string of the molecule is CC/C=C\C/C=C\C/C=C\C/C=C\C/C=C\C/C=C\C/C=C\C/C=C\CCCCCCCCC(=O)OCC(COC(=O)CCCCCCC/C=C\CCCC)OC(=O)CCCCCCC/C=C\C/C=C\C/C=C\CC. The summed E-state index contributed by atoms with van der Waals surface area (Å²) < 4.78 is 16.8. The Balaban J connectivity index is 4.32. The largest absolute Gasteiger partial charge is 0.462 e. The Labute approximate surface area is 461 Å². The normalized spacial score (nSPS) is 13.2. The fraction of sp³-hybridized carbons (Fsp3) is 0.609. The summed E-state index contributed by atoms with van der Waals surface area (Å²) in [4.78, 5) is 38.1. The van der Waals surface area contributed by atoms with E-state index in [-0.39, 0.29) is 31.1 Å². The van der Waals surface area contributed by atoms with Crippen LogP contribution in [0.2, 0.25) is 0 Å². The number of ether oxygens (including phenoxy) is 3. The van der Waals surface area contributed by atoms with E-state index in [9.17, 15) is 14.4 Å². The lowest BCUT2D eigenvalue weighted by atomic mass is 10.1. The molecule has 0 saturated carbocycles. The van der Waals surface area contributed by atoms with Gasteiger partial charge < -0.3 is 14.2 Å². The first-order chi connectivity index (χ1) is 37.0. The number of allylic oxidation sites excluding steroid dienone is 24. The van der Waals surface area contributed by atoms with Crippen LogP contribution in [0, 0.1) is 0 Å². The zero-order valence-electron chi connectivity index (χ0n) is 48.3. The third-order valence-electron chi connectivity index (χ3n) is 12.3. The molecule has 1 unspecified atom stereocenters. The molecule has 0 amide bonds. The lowest BCUT2D eigenvalue weighted by Gasteiger charge is -2.18. The van der Waals surface area contributed by atoms with Crippen molar-refractivity contribution in [2.45, 2.75) is 258 Å². The molecule has 0 aliphatic carbocycles. The van der Waals surface area contributed by atoms with Crippen LogP contribution >= 0.6 is 0 Å². The highest BCUT2D eigenvalue weighted by molar-refractivity contribution is 5.71. The van der Waals surface area contributed by atoms with E-state index in [2.05, 4.69) is 167 Å². The molecule has 0 aromatic carbocycles. The fourth-order valence-electron chi connectivity index (χ4n) is 7.81. The Kier molecular flexibility index (Phi) is 58.0. The van der Waals surface area contributed by atoms with Gasteiger partial charge in [0.25, 0.3) is 0 Å². The first kappa shape index (κ1) is 70.3. The summed E-state index contributed by atoms with van der Waals surface area (Å²) in [7, 11) is 0. The molecule has 0 spiro atoms. The van der Waals surface area contributed by atoms with Gasteiger partial charge in [0.1, 0.15) is 13.2 Å². The summed E-state index contributed by atoms with van der Waals surface area (Å²) in [5.74, 6) is -0.945.